The van der Waals surface area contributed by atoms with Gasteiger partial charge >= 0.3 is 0 Å². The van der Waals surface area contributed by atoms with E-state index in [2.05, 4.69) is 10.2 Å². The molecule has 0 spiro atoms. The number of rotatable bonds is 7. The molecule has 2 aliphatic heterocycles. The Morgan fingerprint density at radius 2 is 2.04 bits per heavy atom. The Morgan fingerprint density at radius 1 is 1.26 bits per heavy atom. The molecule has 1 aromatic rings. The molecule has 1 aromatic heterocycles. The van der Waals surface area contributed by atoms with Gasteiger partial charge in [0.2, 0.25) is 5.91 Å². The summed E-state index contributed by atoms with van der Waals surface area (Å²) in [4.78, 5) is 32.9. The zero-order valence-electron chi connectivity index (χ0n) is 16.3. The number of thiophene rings is 1. The molecule has 2 aliphatic rings. The fourth-order valence-corrected chi connectivity index (χ4v) is 4.69. The molecule has 27 heavy (non-hydrogen) atoms. The van der Waals surface area contributed by atoms with Crippen molar-refractivity contribution >= 4 is 23.2 Å². The van der Waals surface area contributed by atoms with Crippen LogP contribution < -0.4 is 5.32 Å². The number of hydrogen-bond acceptors (Lipinski definition) is 6. The minimum absolute atomic E-state index is 0.0244. The molecule has 1 N–H and O–H groups in total. The lowest BCUT2D eigenvalue weighted by Gasteiger charge is -2.26. The number of hydrogen-bond donors (Lipinski definition) is 1. The summed E-state index contributed by atoms with van der Waals surface area (Å²) in [6, 6.07) is 4.00. The van der Waals surface area contributed by atoms with E-state index in [0.717, 1.165) is 62.0 Å². The van der Waals surface area contributed by atoms with Gasteiger partial charge in [0.25, 0.3) is 5.91 Å². The number of ether oxygens (including phenoxy) is 1. The van der Waals surface area contributed by atoms with Gasteiger partial charge in [0.05, 0.1) is 30.7 Å². The van der Waals surface area contributed by atoms with Crippen LogP contribution in [0.5, 0.6) is 0 Å². The second kappa shape index (κ2) is 9.64. The van der Waals surface area contributed by atoms with Gasteiger partial charge in [0.15, 0.2) is 0 Å². The summed E-state index contributed by atoms with van der Waals surface area (Å²) in [5.74, 6) is 0.135. The van der Waals surface area contributed by atoms with Gasteiger partial charge in [-0.1, -0.05) is 0 Å². The maximum absolute atomic E-state index is 12.5. The molecule has 7 nitrogen and oxygen atoms in total. The van der Waals surface area contributed by atoms with Crippen LogP contribution in [0.25, 0.3) is 0 Å². The number of likely N-dealkylation sites (tertiary alicyclic amines) is 1. The van der Waals surface area contributed by atoms with Crippen LogP contribution >= 0.6 is 11.3 Å². The number of nitrogens with one attached hydrogen (secondary N) is 1. The van der Waals surface area contributed by atoms with Crippen LogP contribution in [0, 0.1) is 0 Å². The molecule has 3 rings (SSSR count). The van der Waals surface area contributed by atoms with Gasteiger partial charge < -0.3 is 19.9 Å². The third-order valence-electron chi connectivity index (χ3n) is 5.02. The highest BCUT2D eigenvalue weighted by Crippen LogP contribution is 2.36. The molecule has 1 atom stereocenters. The van der Waals surface area contributed by atoms with Crippen LogP contribution in [-0.4, -0.2) is 93.1 Å². The Morgan fingerprint density at radius 3 is 2.78 bits per heavy atom. The van der Waals surface area contributed by atoms with E-state index in [9.17, 15) is 9.59 Å². The SMILES string of the molecule is CN(C)CC(=O)N1CCC[C@H]1c1ccc(C(=O)NCCN2CCOCC2)s1. The van der Waals surface area contributed by atoms with Crippen LogP contribution in [0.2, 0.25) is 0 Å². The molecule has 2 amide bonds. The van der Waals surface area contributed by atoms with E-state index in [1.165, 1.54) is 11.3 Å². The number of nitrogens with zero attached hydrogens (tertiary/aromatic N) is 3. The van der Waals surface area contributed by atoms with Crippen molar-refractivity contribution in [3.05, 3.63) is 21.9 Å². The maximum Gasteiger partial charge on any atom is 0.261 e. The highest BCUT2D eigenvalue weighted by molar-refractivity contribution is 7.14. The summed E-state index contributed by atoms with van der Waals surface area (Å²) in [6.45, 7) is 6.12. The Bertz CT molecular complexity index is 643. The molecule has 150 valence electrons. The van der Waals surface area contributed by atoms with Crippen LogP contribution in [0.15, 0.2) is 12.1 Å². The average molecular weight is 395 g/mol. The van der Waals surface area contributed by atoms with Gasteiger partial charge in [-0.25, -0.2) is 0 Å². The van der Waals surface area contributed by atoms with E-state index in [0.29, 0.717) is 13.1 Å². The third kappa shape index (κ3) is 5.51. The molecule has 0 radical (unpaired) electrons. The van der Waals surface area contributed by atoms with Crippen molar-refractivity contribution < 1.29 is 14.3 Å². The first-order valence-corrected chi connectivity index (χ1v) is 10.5. The van der Waals surface area contributed by atoms with Crippen LogP contribution in [0.3, 0.4) is 0 Å². The average Bonchev–Trinajstić information content (AvgIpc) is 3.31. The first-order chi connectivity index (χ1) is 13.0. The fourth-order valence-electron chi connectivity index (χ4n) is 3.62. The lowest BCUT2D eigenvalue weighted by atomic mass is 10.2. The number of amides is 2. The predicted octanol–water partition coefficient (Wildman–Crippen LogP) is 1.04. The van der Waals surface area contributed by atoms with Crippen molar-refractivity contribution in [3.8, 4) is 0 Å². The predicted molar refractivity (Wildman–Crippen MR) is 106 cm³/mol. The van der Waals surface area contributed by atoms with Crippen LogP contribution in [-0.2, 0) is 9.53 Å². The summed E-state index contributed by atoms with van der Waals surface area (Å²) in [6.07, 6.45) is 1.99. The Labute approximate surface area is 165 Å². The van der Waals surface area contributed by atoms with E-state index < -0.39 is 0 Å². The smallest absolute Gasteiger partial charge is 0.261 e. The molecular formula is C19H30N4O3S. The molecule has 2 fully saturated rings. The lowest BCUT2D eigenvalue weighted by molar-refractivity contribution is -0.132. The molecule has 0 bridgehead atoms. The zero-order chi connectivity index (χ0) is 19.2. The summed E-state index contributed by atoms with van der Waals surface area (Å²) >= 11 is 1.51. The standard InChI is InChI=1S/C19H30N4O3S/c1-21(2)14-18(24)23-8-3-4-15(23)16-5-6-17(27-16)19(25)20-7-9-22-10-12-26-13-11-22/h5-6,15H,3-4,7-14H2,1-2H3,(H,20,25)/t15-/m0/s1. The van der Waals surface area contributed by atoms with E-state index in [4.69, 9.17) is 4.74 Å². The van der Waals surface area contributed by atoms with Gasteiger partial charge in [-0.05, 0) is 39.1 Å². The summed E-state index contributed by atoms with van der Waals surface area (Å²) in [7, 11) is 3.82. The van der Waals surface area contributed by atoms with Crippen molar-refractivity contribution in [2.75, 3.05) is 66.6 Å². The second-order valence-electron chi connectivity index (χ2n) is 7.39. The van der Waals surface area contributed by atoms with Crippen molar-refractivity contribution in [1.29, 1.82) is 0 Å². The quantitative estimate of drug-likeness (QED) is 0.749. The third-order valence-corrected chi connectivity index (χ3v) is 6.21. The normalized spacial score (nSPS) is 21.0. The molecular weight excluding hydrogens is 364 g/mol. The van der Waals surface area contributed by atoms with Crippen molar-refractivity contribution in [3.63, 3.8) is 0 Å². The molecule has 0 unspecified atom stereocenters. The largest absolute Gasteiger partial charge is 0.379 e. The fraction of sp³-hybridized carbons (Fsp3) is 0.684. The molecule has 0 saturated carbocycles. The number of likely N-dealkylation sites (N-methyl/N-ethyl adjacent to an activating group) is 1. The summed E-state index contributed by atoms with van der Waals surface area (Å²) < 4.78 is 5.34. The topological polar surface area (TPSA) is 65.1 Å². The minimum Gasteiger partial charge on any atom is -0.379 e. The number of carbonyl (C=O) groups is 2. The summed E-state index contributed by atoms with van der Waals surface area (Å²) in [5, 5.41) is 3.01. The molecule has 0 aromatic carbocycles. The summed E-state index contributed by atoms with van der Waals surface area (Å²) in [5.41, 5.74) is 0. The van der Waals surface area contributed by atoms with Crippen molar-refractivity contribution in [2.45, 2.75) is 18.9 Å². The van der Waals surface area contributed by atoms with E-state index >= 15 is 0 Å². The zero-order valence-corrected chi connectivity index (χ0v) is 17.1. The van der Waals surface area contributed by atoms with Crippen molar-refractivity contribution in [1.82, 2.24) is 20.0 Å². The minimum atomic E-state index is -0.0244. The van der Waals surface area contributed by atoms with Gasteiger partial charge in [-0.2, -0.15) is 0 Å². The van der Waals surface area contributed by atoms with Crippen molar-refractivity contribution in [2.24, 2.45) is 0 Å². The van der Waals surface area contributed by atoms with Gasteiger partial charge in [0, 0.05) is 37.6 Å². The highest BCUT2D eigenvalue weighted by atomic mass is 32.1. The number of carbonyl (C=O) groups excluding carboxylic acids is 2. The maximum atomic E-state index is 12.5. The van der Waals surface area contributed by atoms with Crippen LogP contribution in [0.1, 0.15) is 33.4 Å². The lowest BCUT2D eigenvalue weighted by Crippen LogP contribution is -2.41. The number of morpholine rings is 1. The van der Waals surface area contributed by atoms with E-state index in [1.54, 1.807) is 0 Å². The monoisotopic (exact) mass is 394 g/mol. The first-order valence-electron chi connectivity index (χ1n) is 9.67. The Balaban J connectivity index is 1.52. The van der Waals surface area contributed by atoms with E-state index in [1.807, 2.05) is 36.0 Å². The van der Waals surface area contributed by atoms with Gasteiger partial charge in [-0.15, -0.1) is 11.3 Å². The van der Waals surface area contributed by atoms with Gasteiger partial charge in [-0.3, -0.25) is 14.5 Å². The Hall–Kier alpha value is -1.48. The molecule has 3 heterocycles. The highest BCUT2D eigenvalue weighted by Gasteiger charge is 2.31. The molecule has 0 aliphatic carbocycles. The van der Waals surface area contributed by atoms with Crippen LogP contribution in [0.4, 0.5) is 0 Å². The van der Waals surface area contributed by atoms with E-state index in [-0.39, 0.29) is 17.9 Å². The molecule has 8 heteroatoms. The Kier molecular flexibility index (Phi) is 7.23. The molecule has 2 saturated heterocycles. The first kappa shape index (κ1) is 20.3. The van der Waals surface area contributed by atoms with Gasteiger partial charge in [0.1, 0.15) is 0 Å². The second-order valence-corrected chi connectivity index (χ2v) is 8.51.